The van der Waals surface area contributed by atoms with E-state index in [4.69, 9.17) is 9.84 Å². The van der Waals surface area contributed by atoms with Gasteiger partial charge in [0, 0.05) is 6.54 Å². The summed E-state index contributed by atoms with van der Waals surface area (Å²) in [5.74, 6) is -0.0285. The molecule has 0 aliphatic carbocycles. The third kappa shape index (κ3) is 5.39. The monoisotopic (exact) mass is 321 g/mol. The number of nitrogens with one attached hydrogen (secondary N) is 1. The Hall–Kier alpha value is -2.04. The van der Waals surface area contributed by atoms with Crippen molar-refractivity contribution in [3.05, 3.63) is 65.2 Å². The van der Waals surface area contributed by atoms with Gasteiger partial charge in [-0.3, -0.25) is 0 Å². The van der Waals surface area contributed by atoms with Crippen molar-refractivity contribution in [3.8, 4) is 5.75 Å². The Balaban J connectivity index is 0.00000242. The molecule has 5 heteroatoms. The molecule has 0 radical (unpaired) electrons. The highest BCUT2D eigenvalue weighted by molar-refractivity contribution is 5.87. The molecule has 0 bridgehead atoms. The van der Waals surface area contributed by atoms with E-state index in [2.05, 4.69) is 17.4 Å². The summed E-state index contributed by atoms with van der Waals surface area (Å²) in [4.78, 5) is 10.8. The molecule has 0 spiro atoms. The number of ether oxygens (including phenoxy) is 1. The van der Waals surface area contributed by atoms with Crippen LogP contribution >= 0.6 is 12.4 Å². The molecule has 0 fully saturated rings. The maximum absolute atomic E-state index is 10.8. The van der Waals surface area contributed by atoms with Gasteiger partial charge in [-0.05, 0) is 48.4 Å². The lowest BCUT2D eigenvalue weighted by Crippen LogP contribution is -2.16. The second kappa shape index (κ2) is 9.07. The Labute approximate surface area is 136 Å². The first-order valence-corrected chi connectivity index (χ1v) is 6.85. The van der Waals surface area contributed by atoms with Crippen LogP contribution in [0.1, 0.15) is 21.5 Å². The van der Waals surface area contributed by atoms with E-state index < -0.39 is 5.97 Å². The summed E-state index contributed by atoms with van der Waals surface area (Å²) in [6.07, 6.45) is 0.942. The fourth-order valence-electron chi connectivity index (χ4n) is 2.02. The summed E-state index contributed by atoms with van der Waals surface area (Å²) >= 11 is 0. The van der Waals surface area contributed by atoms with E-state index in [1.54, 1.807) is 19.2 Å². The van der Waals surface area contributed by atoms with Gasteiger partial charge in [-0.2, -0.15) is 0 Å². The van der Waals surface area contributed by atoms with Crippen molar-refractivity contribution in [1.82, 2.24) is 5.32 Å². The van der Waals surface area contributed by atoms with Crippen LogP contribution in [0.4, 0.5) is 0 Å². The van der Waals surface area contributed by atoms with Crippen molar-refractivity contribution in [3.63, 3.8) is 0 Å². The zero-order valence-electron chi connectivity index (χ0n) is 12.4. The minimum Gasteiger partial charge on any atom is -0.497 e. The number of methoxy groups -OCH3 is 1. The summed E-state index contributed by atoms with van der Waals surface area (Å²) in [5.41, 5.74) is 2.65. The second-order valence-electron chi connectivity index (χ2n) is 4.78. The summed E-state index contributed by atoms with van der Waals surface area (Å²) in [5, 5.41) is 12.2. The molecule has 4 nitrogen and oxygen atoms in total. The highest BCUT2D eigenvalue weighted by Crippen LogP contribution is 2.11. The molecule has 0 amide bonds. The fourth-order valence-corrected chi connectivity index (χ4v) is 2.02. The standard InChI is InChI=1S/C17H19NO3.ClH/c1-21-16-8-4-13(5-9-16)10-11-18-12-14-2-6-15(7-3-14)17(19)20;/h2-9,18H,10-12H2,1H3,(H,19,20);1H. The molecule has 0 atom stereocenters. The smallest absolute Gasteiger partial charge is 0.335 e. The molecule has 0 unspecified atom stereocenters. The number of hydrogen-bond acceptors (Lipinski definition) is 3. The van der Waals surface area contributed by atoms with Gasteiger partial charge in [0.25, 0.3) is 0 Å². The first-order valence-electron chi connectivity index (χ1n) is 6.85. The van der Waals surface area contributed by atoms with E-state index in [1.165, 1.54) is 5.56 Å². The normalized spacial score (nSPS) is 9.86. The zero-order valence-corrected chi connectivity index (χ0v) is 13.2. The largest absolute Gasteiger partial charge is 0.497 e. The van der Waals surface area contributed by atoms with Crippen LogP contribution < -0.4 is 10.1 Å². The third-order valence-electron chi connectivity index (χ3n) is 3.28. The van der Waals surface area contributed by atoms with E-state index in [1.807, 2.05) is 24.3 Å². The predicted octanol–water partition coefficient (Wildman–Crippen LogP) is 3.15. The lowest BCUT2D eigenvalue weighted by molar-refractivity contribution is 0.0697. The molecular formula is C17H20ClNO3. The van der Waals surface area contributed by atoms with Crippen LogP contribution in [-0.2, 0) is 13.0 Å². The van der Waals surface area contributed by atoms with Crippen LogP contribution in [0.15, 0.2) is 48.5 Å². The van der Waals surface area contributed by atoms with Gasteiger partial charge in [0.15, 0.2) is 0 Å². The van der Waals surface area contributed by atoms with Crippen LogP contribution in [0.3, 0.4) is 0 Å². The number of halogens is 1. The first-order chi connectivity index (χ1) is 10.2. The molecule has 0 saturated carbocycles. The van der Waals surface area contributed by atoms with Crippen LogP contribution in [0.25, 0.3) is 0 Å². The summed E-state index contributed by atoms with van der Waals surface area (Å²) < 4.78 is 5.12. The van der Waals surface area contributed by atoms with Crippen LogP contribution in [0.2, 0.25) is 0 Å². The third-order valence-corrected chi connectivity index (χ3v) is 3.28. The minimum absolute atomic E-state index is 0. The first kappa shape index (κ1) is 18.0. The highest BCUT2D eigenvalue weighted by atomic mass is 35.5. The Bertz CT molecular complexity index is 582. The molecule has 2 aromatic rings. The molecule has 0 aliphatic heterocycles. The van der Waals surface area contributed by atoms with E-state index >= 15 is 0 Å². The van der Waals surface area contributed by atoms with Gasteiger partial charge in [-0.15, -0.1) is 12.4 Å². The number of rotatable bonds is 7. The SMILES string of the molecule is COc1ccc(CCNCc2ccc(C(=O)O)cc2)cc1.Cl. The number of carboxylic acids is 1. The van der Waals surface area contributed by atoms with Crippen LogP contribution in [-0.4, -0.2) is 24.7 Å². The Morgan fingerprint density at radius 3 is 2.18 bits per heavy atom. The molecule has 2 aromatic carbocycles. The van der Waals surface area contributed by atoms with E-state index in [9.17, 15) is 4.79 Å². The maximum Gasteiger partial charge on any atom is 0.335 e. The second-order valence-corrected chi connectivity index (χ2v) is 4.78. The lowest BCUT2D eigenvalue weighted by atomic mass is 10.1. The Morgan fingerprint density at radius 2 is 1.64 bits per heavy atom. The van der Waals surface area contributed by atoms with Gasteiger partial charge in [-0.1, -0.05) is 24.3 Å². The quantitative estimate of drug-likeness (QED) is 0.769. The van der Waals surface area contributed by atoms with Gasteiger partial charge in [0.1, 0.15) is 5.75 Å². The molecule has 0 heterocycles. The molecule has 0 aromatic heterocycles. The van der Waals surface area contributed by atoms with Gasteiger partial charge < -0.3 is 15.2 Å². The summed E-state index contributed by atoms with van der Waals surface area (Å²) in [6.45, 7) is 1.60. The molecule has 0 aliphatic rings. The molecular weight excluding hydrogens is 302 g/mol. The average molecular weight is 322 g/mol. The van der Waals surface area contributed by atoms with Crippen LogP contribution in [0, 0.1) is 0 Å². The molecule has 22 heavy (non-hydrogen) atoms. The van der Waals surface area contributed by atoms with Crippen molar-refractivity contribution in [2.45, 2.75) is 13.0 Å². The summed E-state index contributed by atoms with van der Waals surface area (Å²) in [6, 6.07) is 15.0. The van der Waals surface area contributed by atoms with Crippen molar-refractivity contribution in [2.24, 2.45) is 0 Å². The predicted molar refractivity (Wildman–Crippen MR) is 89.1 cm³/mol. The Kier molecular flexibility index (Phi) is 7.43. The molecule has 0 saturated heterocycles. The lowest BCUT2D eigenvalue weighted by Gasteiger charge is -2.06. The minimum atomic E-state index is -0.894. The fraction of sp³-hybridized carbons (Fsp3) is 0.235. The molecule has 2 N–H and O–H groups in total. The summed E-state index contributed by atoms with van der Waals surface area (Å²) in [7, 11) is 1.66. The molecule has 118 valence electrons. The molecule has 2 rings (SSSR count). The zero-order chi connectivity index (χ0) is 15.1. The topological polar surface area (TPSA) is 58.6 Å². The van der Waals surface area contributed by atoms with Crippen molar-refractivity contribution in [1.29, 1.82) is 0 Å². The Morgan fingerprint density at radius 1 is 1.05 bits per heavy atom. The van der Waals surface area contributed by atoms with Crippen molar-refractivity contribution >= 4 is 18.4 Å². The number of benzene rings is 2. The number of carbonyl (C=O) groups is 1. The number of hydrogen-bond donors (Lipinski definition) is 2. The number of carboxylic acid groups (broad SMARTS) is 1. The van der Waals surface area contributed by atoms with E-state index in [0.717, 1.165) is 30.8 Å². The average Bonchev–Trinajstić information content (AvgIpc) is 2.52. The van der Waals surface area contributed by atoms with Crippen molar-refractivity contribution in [2.75, 3.05) is 13.7 Å². The van der Waals surface area contributed by atoms with Gasteiger partial charge >= 0.3 is 5.97 Å². The van der Waals surface area contributed by atoms with E-state index in [0.29, 0.717) is 5.56 Å². The van der Waals surface area contributed by atoms with Gasteiger partial charge in [-0.25, -0.2) is 4.79 Å². The van der Waals surface area contributed by atoms with Gasteiger partial charge in [0.05, 0.1) is 12.7 Å². The number of aromatic carboxylic acids is 1. The highest BCUT2D eigenvalue weighted by Gasteiger charge is 2.01. The maximum atomic E-state index is 10.8. The van der Waals surface area contributed by atoms with Crippen LogP contribution in [0.5, 0.6) is 5.75 Å². The van der Waals surface area contributed by atoms with Gasteiger partial charge in [0.2, 0.25) is 0 Å². The van der Waals surface area contributed by atoms with Crippen molar-refractivity contribution < 1.29 is 14.6 Å². The van der Waals surface area contributed by atoms with E-state index in [-0.39, 0.29) is 12.4 Å².